The van der Waals surface area contributed by atoms with Gasteiger partial charge in [-0.05, 0) is 16.7 Å². The fourth-order valence-corrected chi connectivity index (χ4v) is 4.49. The summed E-state index contributed by atoms with van der Waals surface area (Å²) >= 11 is -1.99. The highest BCUT2D eigenvalue weighted by molar-refractivity contribution is 7.76. The zero-order valence-electron chi connectivity index (χ0n) is 15.6. The zero-order valence-corrected chi connectivity index (χ0v) is 16.4. The predicted octanol–water partition coefficient (Wildman–Crippen LogP) is 4.10. The van der Waals surface area contributed by atoms with Gasteiger partial charge in [0.25, 0.3) is 0 Å². The Balaban J connectivity index is 1.51. The summed E-state index contributed by atoms with van der Waals surface area (Å²) in [5.74, 6) is 0. The predicted molar refractivity (Wildman–Crippen MR) is 113 cm³/mol. The number of rotatable bonds is 7. The molecule has 0 bridgehead atoms. The van der Waals surface area contributed by atoms with Gasteiger partial charge in [0, 0.05) is 19.6 Å². The second-order valence-electron chi connectivity index (χ2n) is 7.12. The molecule has 0 saturated carbocycles. The van der Waals surface area contributed by atoms with Crippen LogP contribution in [0, 0.1) is 0 Å². The highest BCUT2D eigenvalue weighted by atomic mass is 32.2. The summed E-state index contributed by atoms with van der Waals surface area (Å²) in [5.41, 5.74) is 3.53. The van der Waals surface area contributed by atoms with Crippen LogP contribution >= 0.6 is 0 Å². The van der Waals surface area contributed by atoms with Crippen LogP contribution in [-0.2, 0) is 17.8 Å². The average molecular weight is 393 g/mol. The van der Waals surface area contributed by atoms with Crippen molar-refractivity contribution in [2.75, 3.05) is 13.1 Å². The summed E-state index contributed by atoms with van der Waals surface area (Å²) in [6.07, 6.45) is 0. The van der Waals surface area contributed by atoms with E-state index in [2.05, 4.69) is 53.4 Å². The largest absolute Gasteiger partial charge is 0.294 e. The molecular weight excluding hydrogens is 368 g/mol. The van der Waals surface area contributed by atoms with Crippen LogP contribution in [-0.4, -0.2) is 37.1 Å². The van der Waals surface area contributed by atoms with Gasteiger partial charge in [0.2, 0.25) is 11.3 Å². The van der Waals surface area contributed by atoms with Gasteiger partial charge < -0.3 is 0 Å². The third kappa shape index (κ3) is 4.23. The van der Waals surface area contributed by atoms with Gasteiger partial charge in [0.15, 0.2) is 0 Å². The minimum absolute atomic E-state index is 0.0564. The van der Waals surface area contributed by atoms with Gasteiger partial charge in [-0.3, -0.25) is 9.45 Å². The molecule has 1 heterocycles. The quantitative estimate of drug-likeness (QED) is 0.616. The molecule has 1 fully saturated rings. The maximum atomic E-state index is 12.0. The van der Waals surface area contributed by atoms with Crippen molar-refractivity contribution in [2.45, 2.75) is 18.6 Å². The van der Waals surface area contributed by atoms with Gasteiger partial charge >= 0.3 is 0 Å². The number of likely N-dealkylation sites (tertiary alicyclic amines) is 1. The van der Waals surface area contributed by atoms with Crippen LogP contribution in [0.4, 0.5) is 0 Å². The lowest BCUT2D eigenvalue weighted by Crippen LogP contribution is -2.60. The molecule has 0 spiro atoms. The van der Waals surface area contributed by atoms with Crippen molar-refractivity contribution in [1.82, 2.24) is 9.21 Å². The molecule has 3 aromatic carbocycles. The van der Waals surface area contributed by atoms with Crippen molar-refractivity contribution in [3.63, 3.8) is 0 Å². The molecule has 4 nitrogen and oxygen atoms in total. The van der Waals surface area contributed by atoms with Crippen molar-refractivity contribution in [1.29, 1.82) is 0 Å². The van der Waals surface area contributed by atoms with Crippen LogP contribution in [0.15, 0.2) is 91.0 Å². The van der Waals surface area contributed by atoms with E-state index in [-0.39, 0.29) is 12.1 Å². The number of hydrogen-bond acceptors (Lipinski definition) is 2. The van der Waals surface area contributed by atoms with Crippen molar-refractivity contribution in [3.05, 3.63) is 108 Å². The molecule has 144 valence electrons. The Morgan fingerprint density at radius 3 is 1.79 bits per heavy atom. The molecule has 0 radical (unpaired) electrons. The van der Waals surface area contributed by atoms with Gasteiger partial charge in [0.05, 0.1) is 12.1 Å². The first kappa shape index (κ1) is 19.0. The molecule has 1 atom stereocenters. The van der Waals surface area contributed by atoms with Crippen LogP contribution < -0.4 is 0 Å². The second-order valence-corrected chi connectivity index (χ2v) is 8.05. The first-order chi connectivity index (χ1) is 13.7. The molecule has 1 aliphatic rings. The monoisotopic (exact) mass is 392 g/mol. The van der Waals surface area contributed by atoms with E-state index >= 15 is 0 Å². The molecule has 1 unspecified atom stereocenters. The highest BCUT2D eigenvalue weighted by Crippen LogP contribution is 2.34. The molecule has 28 heavy (non-hydrogen) atoms. The summed E-state index contributed by atoms with van der Waals surface area (Å²) in [7, 11) is 0. The van der Waals surface area contributed by atoms with E-state index in [1.165, 1.54) is 11.1 Å². The Morgan fingerprint density at radius 1 is 0.857 bits per heavy atom. The van der Waals surface area contributed by atoms with Gasteiger partial charge in [-0.1, -0.05) is 91.0 Å². The Bertz CT molecular complexity index is 860. The van der Waals surface area contributed by atoms with E-state index in [9.17, 15) is 8.76 Å². The minimum atomic E-state index is -1.99. The van der Waals surface area contributed by atoms with Crippen molar-refractivity contribution < 1.29 is 8.76 Å². The molecule has 1 saturated heterocycles. The number of nitrogens with zero attached hydrogens (tertiary/aromatic N) is 2. The molecule has 0 amide bonds. The summed E-state index contributed by atoms with van der Waals surface area (Å²) < 4.78 is 23.5. The van der Waals surface area contributed by atoms with Crippen molar-refractivity contribution in [2.24, 2.45) is 0 Å². The summed E-state index contributed by atoms with van der Waals surface area (Å²) in [6, 6.07) is 31.0. The van der Waals surface area contributed by atoms with E-state index in [1.807, 2.05) is 42.5 Å². The van der Waals surface area contributed by atoms with Crippen LogP contribution in [0.1, 0.15) is 22.7 Å². The van der Waals surface area contributed by atoms with Gasteiger partial charge in [-0.2, -0.15) is 4.31 Å². The SMILES string of the molecule is O=S(O)N(Cc1ccccc1)C1CN(C(c2ccccc2)c2ccccc2)C1. The Labute approximate surface area is 168 Å². The average Bonchev–Trinajstić information content (AvgIpc) is 2.71. The molecule has 1 aliphatic heterocycles. The van der Waals surface area contributed by atoms with E-state index < -0.39 is 11.3 Å². The Hall–Kier alpha value is -2.31. The maximum Gasteiger partial charge on any atom is 0.235 e. The van der Waals surface area contributed by atoms with Crippen LogP contribution in [0.25, 0.3) is 0 Å². The van der Waals surface area contributed by atoms with Gasteiger partial charge in [-0.25, -0.2) is 4.21 Å². The Morgan fingerprint density at radius 2 is 1.32 bits per heavy atom. The maximum absolute atomic E-state index is 12.0. The second kappa shape index (κ2) is 8.80. The summed E-state index contributed by atoms with van der Waals surface area (Å²) in [5, 5.41) is 0. The van der Waals surface area contributed by atoms with Gasteiger partial charge in [-0.15, -0.1) is 0 Å². The van der Waals surface area contributed by atoms with Gasteiger partial charge in [0.1, 0.15) is 0 Å². The molecule has 4 rings (SSSR count). The van der Waals surface area contributed by atoms with Crippen LogP contribution in [0.5, 0.6) is 0 Å². The number of benzene rings is 3. The van der Waals surface area contributed by atoms with E-state index in [0.717, 1.165) is 18.7 Å². The minimum Gasteiger partial charge on any atom is -0.294 e. The normalized spacial score (nSPS) is 16.2. The summed E-state index contributed by atoms with van der Waals surface area (Å²) in [6.45, 7) is 1.99. The van der Waals surface area contributed by atoms with Crippen molar-refractivity contribution >= 4 is 11.3 Å². The first-order valence-corrected chi connectivity index (χ1v) is 10.5. The van der Waals surface area contributed by atoms with Crippen LogP contribution in [0.2, 0.25) is 0 Å². The molecular formula is C23H24N2O2S. The third-order valence-corrected chi connectivity index (χ3v) is 6.10. The third-order valence-electron chi connectivity index (χ3n) is 5.28. The topological polar surface area (TPSA) is 43.8 Å². The van der Waals surface area contributed by atoms with Crippen LogP contribution in [0.3, 0.4) is 0 Å². The lowest BCUT2D eigenvalue weighted by molar-refractivity contribution is 0.0498. The zero-order chi connectivity index (χ0) is 19.3. The fourth-order valence-electron chi connectivity index (χ4n) is 3.84. The Kier molecular flexibility index (Phi) is 5.98. The van der Waals surface area contributed by atoms with E-state index in [4.69, 9.17) is 0 Å². The molecule has 0 aliphatic carbocycles. The smallest absolute Gasteiger partial charge is 0.235 e. The van der Waals surface area contributed by atoms with Crippen molar-refractivity contribution in [3.8, 4) is 0 Å². The lowest BCUT2D eigenvalue weighted by Gasteiger charge is -2.47. The van der Waals surface area contributed by atoms with E-state index in [1.54, 1.807) is 4.31 Å². The van der Waals surface area contributed by atoms with E-state index in [0.29, 0.717) is 6.54 Å². The first-order valence-electron chi connectivity index (χ1n) is 9.48. The lowest BCUT2D eigenvalue weighted by atomic mass is 9.93. The standard InChI is InChI=1S/C23H24N2O2S/c26-28(27)25(16-19-10-4-1-5-11-19)22-17-24(18-22)23(20-12-6-2-7-13-20)21-14-8-3-9-15-21/h1-15,22-23H,16-18H2,(H,26,27). The molecule has 0 aromatic heterocycles. The highest BCUT2D eigenvalue weighted by Gasteiger charge is 2.39. The molecule has 3 aromatic rings. The fraction of sp³-hybridized carbons (Fsp3) is 0.217. The number of hydrogen-bond donors (Lipinski definition) is 1. The molecule has 1 N–H and O–H groups in total. The summed E-state index contributed by atoms with van der Waals surface area (Å²) in [4.78, 5) is 2.38. The molecule has 5 heteroatoms.